The quantitative estimate of drug-likeness (QED) is 0.547. The SMILES string of the molecule is CCOc1ccc(S(=O)(=O)NC[C@H](c2ccco2)S(=O)(=O)c2cccs2)cc1. The lowest BCUT2D eigenvalue weighted by Gasteiger charge is -2.16. The van der Waals surface area contributed by atoms with Crippen LogP contribution in [0, 0.1) is 0 Å². The van der Waals surface area contributed by atoms with E-state index in [1.54, 1.807) is 29.6 Å². The molecule has 0 aliphatic heterocycles. The van der Waals surface area contributed by atoms with Gasteiger partial charge in [-0.05, 0) is 54.8 Å². The minimum absolute atomic E-state index is 0.0164. The lowest BCUT2D eigenvalue weighted by molar-refractivity contribution is 0.340. The van der Waals surface area contributed by atoms with Crippen molar-refractivity contribution in [2.24, 2.45) is 0 Å². The van der Waals surface area contributed by atoms with Gasteiger partial charge in [0.15, 0.2) is 9.84 Å². The van der Waals surface area contributed by atoms with Gasteiger partial charge in [-0.2, -0.15) is 0 Å². The minimum Gasteiger partial charge on any atom is -0.494 e. The molecule has 0 saturated carbocycles. The first-order valence-electron chi connectivity index (χ1n) is 8.38. The molecule has 2 heterocycles. The molecule has 0 unspecified atom stereocenters. The Balaban J connectivity index is 1.84. The number of ether oxygens (including phenoxy) is 1. The first-order valence-corrected chi connectivity index (χ1v) is 12.3. The van der Waals surface area contributed by atoms with E-state index in [1.807, 2.05) is 6.92 Å². The van der Waals surface area contributed by atoms with Crippen LogP contribution in [0.3, 0.4) is 0 Å². The number of furan rings is 1. The largest absolute Gasteiger partial charge is 0.494 e. The van der Waals surface area contributed by atoms with E-state index in [2.05, 4.69) is 4.72 Å². The normalized spacial score (nSPS) is 13.3. The van der Waals surface area contributed by atoms with E-state index in [9.17, 15) is 16.8 Å². The molecule has 7 nitrogen and oxygen atoms in total. The molecule has 28 heavy (non-hydrogen) atoms. The van der Waals surface area contributed by atoms with Crippen molar-refractivity contribution in [3.05, 3.63) is 65.9 Å². The Kier molecular flexibility index (Phi) is 6.23. The van der Waals surface area contributed by atoms with Gasteiger partial charge in [-0.3, -0.25) is 0 Å². The fourth-order valence-corrected chi connectivity index (χ4v) is 6.50. The Hall–Kier alpha value is -2.14. The average molecular weight is 442 g/mol. The predicted octanol–water partition coefficient (Wildman–Crippen LogP) is 3.23. The third kappa shape index (κ3) is 4.46. The monoisotopic (exact) mass is 441 g/mol. The number of hydrogen-bond donors (Lipinski definition) is 1. The molecule has 0 spiro atoms. The van der Waals surface area contributed by atoms with Crippen molar-refractivity contribution in [2.45, 2.75) is 21.3 Å². The predicted molar refractivity (Wildman–Crippen MR) is 106 cm³/mol. The Morgan fingerprint density at radius 3 is 2.39 bits per heavy atom. The van der Waals surface area contributed by atoms with Crippen molar-refractivity contribution in [1.82, 2.24) is 4.72 Å². The highest BCUT2D eigenvalue weighted by atomic mass is 32.2. The van der Waals surface area contributed by atoms with Gasteiger partial charge >= 0.3 is 0 Å². The number of sulfone groups is 1. The summed E-state index contributed by atoms with van der Waals surface area (Å²) in [6.45, 7) is 1.94. The molecule has 0 fully saturated rings. The molecule has 1 atom stereocenters. The summed E-state index contributed by atoms with van der Waals surface area (Å²) in [5.74, 6) is 0.720. The smallest absolute Gasteiger partial charge is 0.240 e. The Morgan fingerprint density at radius 2 is 1.82 bits per heavy atom. The number of benzene rings is 1. The van der Waals surface area contributed by atoms with Crippen LogP contribution in [0.2, 0.25) is 0 Å². The summed E-state index contributed by atoms with van der Waals surface area (Å²) in [4.78, 5) is 0.0164. The molecular weight excluding hydrogens is 422 g/mol. The summed E-state index contributed by atoms with van der Waals surface area (Å²) in [5, 5.41) is 0.467. The standard InChI is InChI=1S/C18H19NO6S3/c1-2-24-14-7-9-15(10-8-14)28(22,23)19-13-17(16-5-3-11-25-16)27(20,21)18-6-4-12-26-18/h3-12,17,19H,2,13H2,1H3/t17-/m1/s1. The molecule has 3 rings (SSSR count). The fraction of sp³-hybridized carbons (Fsp3) is 0.222. The summed E-state index contributed by atoms with van der Waals surface area (Å²) in [6.07, 6.45) is 1.35. The molecule has 3 aromatic rings. The van der Waals surface area contributed by atoms with Crippen LogP contribution >= 0.6 is 11.3 Å². The van der Waals surface area contributed by atoms with E-state index in [1.165, 1.54) is 30.5 Å². The van der Waals surface area contributed by atoms with Crippen LogP contribution < -0.4 is 9.46 Å². The maximum atomic E-state index is 13.0. The fourth-order valence-electron chi connectivity index (χ4n) is 2.55. The van der Waals surface area contributed by atoms with Gasteiger partial charge in [-0.1, -0.05) is 6.07 Å². The maximum absolute atomic E-state index is 13.0. The molecule has 0 amide bonds. The van der Waals surface area contributed by atoms with Gasteiger partial charge in [0.2, 0.25) is 10.0 Å². The summed E-state index contributed by atoms with van der Waals surface area (Å²) in [6, 6.07) is 12.1. The van der Waals surface area contributed by atoms with Gasteiger partial charge in [0.1, 0.15) is 21.0 Å². The maximum Gasteiger partial charge on any atom is 0.240 e. The van der Waals surface area contributed by atoms with Gasteiger partial charge in [0.25, 0.3) is 0 Å². The lowest BCUT2D eigenvalue weighted by atomic mass is 10.3. The summed E-state index contributed by atoms with van der Waals surface area (Å²) < 4.78 is 64.2. The van der Waals surface area contributed by atoms with E-state index in [0.717, 1.165) is 11.3 Å². The highest BCUT2D eigenvalue weighted by molar-refractivity contribution is 7.93. The van der Waals surface area contributed by atoms with Gasteiger partial charge in [0, 0.05) is 6.54 Å². The van der Waals surface area contributed by atoms with Gasteiger partial charge in [0.05, 0.1) is 17.8 Å². The van der Waals surface area contributed by atoms with Crippen LogP contribution in [0.15, 0.2) is 73.7 Å². The van der Waals surface area contributed by atoms with Crippen molar-refractivity contribution in [3.8, 4) is 5.75 Å². The zero-order valence-electron chi connectivity index (χ0n) is 14.9. The van der Waals surface area contributed by atoms with E-state index >= 15 is 0 Å². The Bertz CT molecular complexity index is 1090. The topological polar surface area (TPSA) is 103 Å². The van der Waals surface area contributed by atoms with Crippen LogP contribution in [0.4, 0.5) is 0 Å². The van der Waals surface area contributed by atoms with Crippen LogP contribution in [0.1, 0.15) is 17.9 Å². The summed E-state index contributed by atoms with van der Waals surface area (Å²) in [5.41, 5.74) is 0. The van der Waals surface area contributed by atoms with Crippen molar-refractivity contribution < 1.29 is 26.0 Å². The molecule has 0 saturated heterocycles. The highest BCUT2D eigenvalue weighted by Crippen LogP contribution is 2.31. The van der Waals surface area contributed by atoms with Gasteiger partial charge in [-0.25, -0.2) is 21.6 Å². The lowest BCUT2D eigenvalue weighted by Crippen LogP contribution is -2.31. The van der Waals surface area contributed by atoms with E-state index in [4.69, 9.17) is 9.15 Å². The second kappa shape index (κ2) is 8.48. The number of nitrogens with one attached hydrogen (secondary N) is 1. The van der Waals surface area contributed by atoms with E-state index in [-0.39, 0.29) is 21.4 Å². The first-order chi connectivity index (χ1) is 13.3. The minimum atomic E-state index is -3.92. The molecule has 0 aliphatic rings. The molecular formula is C18H19NO6S3. The van der Waals surface area contributed by atoms with E-state index in [0.29, 0.717) is 12.4 Å². The third-order valence-electron chi connectivity index (χ3n) is 3.91. The molecule has 0 aliphatic carbocycles. The molecule has 0 radical (unpaired) electrons. The second-order valence-corrected chi connectivity index (χ2v) is 10.8. The second-order valence-electron chi connectivity index (χ2n) is 5.74. The van der Waals surface area contributed by atoms with Crippen molar-refractivity contribution in [2.75, 3.05) is 13.2 Å². The van der Waals surface area contributed by atoms with Crippen molar-refractivity contribution >= 4 is 31.2 Å². The summed E-state index contributed by atoms with van der Waals surface area (Å²) >= 11 is 1.07. The molecule has 1 N–H and O–H groups in total. The molecule has 0 bridgehead atoms. The molecule has 1 aromatic carbocycles. The van der Waals surface area contributed by atoms with Crippen molar-refractivity contribution in [1.29, 1.82) is 0 Å². The highest BCUT2D eigenvalue weighted by Gasteiger charge is 2.33. The number of sulfonamides is 1. The summed E-state index contributed by atoms with van der Waals surface area (Å²) in [7, 11) is -7.74. The zero-order valence-corrected chi connectivity index (χ0v) is 17.4. The number of thiophene rings is 1. The Labute approximate surface area is 167 Å². The van der Waals surface area contributed by atoms with Gasteiger partial charge in [-0.15, -0.1) is 11.3 Å². The van der Waals surface area contributed by atoms with E-state index < -0.39 is 25.1 Å². The molecule has 2 aromatic heterocycles. The molecule has 10 heteroatoms. The van der Waals surface area contributed by atoms with Crippen LogP contribution in [-0.4, -0.2) is 30.0 Å². The van der Waals surface area contributed by atoms with Gasteiger partial charge < -0.3 is 9.15 Å². The zero-order chi connectivity index (χ0) is 20.2. The van der Waals surface area contributed by atoms with Crippen LogP contribution in [0.25, 0.3) is 0 Å². The van der Waals surface area contributed by atoms with Crippen molar-refractivity contribution in [3.63, 3.8) is 0 Å². The first kappa shape index (κ1) is 20.6. The third-order valence-corrected chi connectivity index (χ3v) is 8.85. The number of rotatable bonds is 9. The Morgan fingerprint density at radius 1 is 1.07 bits per heavy atom. The van der Waals surface area contributed by atoms with Crippen LogP contribution in [0.5, 0.6) is 5.75 Å². The van der Waals surface area contributed by atoms with Crippen LogP contribution in [-0.2, 0) is 19.9 Å². The average Bonchev–Trinajstić information content (AvgIpc) is 3.37. The number of hydrogen-bond acceptors (Lipinski definition) is 7. The molecule has 150 valence electrons.